The van der Waals surface area contributed by atoms with Crippen LogP contribution in [0.25, 0.3) is 17.2 Å². The van der Waals surface area contributed by atoms with Crippen molar-refractivity contribution in [3.05, 3.63) is 91.0 Å². The summed E-state index contributed by atoms with van der Waals surface area (Å²) in [5, 5.41) is 3.50. The van der Waals surface area contributed by atoms with Gasteiger partial charge in [-0.3, -0.25) is 0 Å². The topological polar surface area (TPSA) is 12.0 Å². The van der Waals surface area contributed by atoms with E-state index < -0.39 is 0 Å². The molecular formula is C20H17N. The van der Waals surface area contributed by atoms with E-state index in [0.29, 0.717) is 0 Å². The summed E-state index contributed by atoms with van der Waals surface area (Å²) in [4.78, 5) is 0. The molecule has 0 aromatic heterocycles. The third-order valence-electron chi connectivity index (χ3n) is 3.43. The molecule has 3 aromatic rings. The van der Waals surface area contributed by atoms with Crippen molar-refractivity contribution < 1.29 is 0 Å². The van der Waals surface area contributed by atoms with Crippen LogP contribution >= 0.6 is 0 Å². The Kier molecular flexibility index (Phi) is 3.83. The summed E-state index contributed by atoms with van der Waals surface area (Å²) in [6.07, 6.45) is 1.90. The van der Waals surface area contributed by atoms with Crippen molar-refractivity contribution in [3.63, 3.8) is 0 Å². The largest absolute Gasteiger partial charge is 0.355 e. The first kappa shape index (κ1) is 13.2. The lowest BCUT2D eigenvalue weighted by Gasteiger charge is -2.15. The molecule has 0 saturated carbocycles. The fraction of sp³-hybridized carbons (Fsp3) is 0. The molecule has 1 heteroatoms. The Morgan fingerprint density at radius 3 is 2.05 bits per heavy atom. The summed E-state index contributed by atoms with van der Waals surface area (Å²) in [5.41, 5.74) is 5.66. The number of para-hydroxylation sites is 1. The van der Waals surface area contributed by atoms with E-state index in [1.165, 1.54) is 11.1 Å². The SMILES string of the molecule is C=Cc1cccc(Nc2ccccc2)c1-c1ccccc1. The van der Waals surface area contributed by atoms with Crippen molar-refractivity contribution in [3.8, 4) is 11.1 Å². The summed E-state index contributed by atoms with van der Waals surface area (Å²) in [6, 6.07) is 26.8. The van der Waals surface area contributed by atoms with Crippen LogP contribution in [-0.4, -0.2) is 0 Å². The van der Waals surface area contributed by atoms with Gasteiger partial charge in [-0.15, -0.1) is 0 Å². The Morgan fingerprint density at radius 1 is 0.714 bits per heavy atom. The summed E-state index contributed by atoms with van der Waals surface area (Å²) >= 11 is 0. The second kappa shape index (κ2) is 6.10. The van der Waals surface area contributed by atoms with Crippen LogP contribution < -0.4 is 5.32 Å². The van der Waals surface area contributed by atoms with Gasteiger partial charge in [0.2, 0.25) is 0 Å². The Balaban J connectivity index is 2.10. The lowest BCUT2D eigenvalue weighted by molar-refractivity contribution is 1.52. The smallest absolute Gasteiger partial charge is 0.0469 e. The van der Waals surface area contributed by atoms with Gasteiger partial charge in [-0.2, -0.15) is 0 Å². The lowest BCUT2D eigenvalue weighted by atomic mass is 9.97. The molecule has 0 saturated heterocycles. The second-order valence-corrected chi connectivity index (χ2v) is 4.83. The molecule has 3 rings (SSSR count). The minimum absolute atomic E-state index is 1.08. The molecule has 0 unspecified atom stereocenters. The fourth-order valence-electron chi connectivity index (χ4n) is 2.45. The zero-order valence-corrected chi connectivity index (χ0v) is 11.8. The van der Waals surface area contributed by atoms with Gasteiger partial charge in [0.05, 0.1) is 0 Å². The van der Waals surface area contributed by atoms with Crippen molar-refractivity contribution in [1.29, 1.82) is 0 Å². The molecule has 0 aliphatic rings. The zero-order chi connectivity index (χ0) is 14.5. The average molecular weight is 271 g/mol. The molecule has 0 amide bonds. The van der Waals surface area contributed by atoms with Crippen molar-refractivity contribution >= 4 is 17.5 Å². The lowest BCUT2D eigenvalue weighted by Crippen LogP contribution is -1.95. The van der Waals surface area contributed by atoms with Crippen LogP contribution in [0.2, 0.25) is 0 Å². The highest BCUT2D eigenvalue weighted by molar-refractivity contribution is 5.87. The zero-order valence-electron chi connectivity index (χ0n) is 11.8. The van der Waals surface area contributed by atoms with E-state index in [4.69, 9.17) is 0 Å². The molecule has 0 heterocycles. The van der Waals surface area contributed by atoms with Crippen molar-refractivity contribution in [1.82, 2.24) is 0 Å². The third-order valence-corrected chi connectivity index (χ3v) is 3.43. The predicted molar refractivity (Wildman–Crippen MR) is 91.7 cm³/mol. The maximum Gasteiger partial charge on any atom is 0.0469 e. The highest BCUT2D eigenvalue weighted by Gasteiger charge is 2.08. The molecule has 0 aliphatic carbocycles. The fourth-order valence-corrected chi connectivity index (χ4v) is 2.45. The van der Waals surface area contributed by atoms with Crippen molar-refractivity contribution in [2.75, 3.05) is 5.32 Å². The first-order valence-electron chi connectivity index (χ1n) is 7.01. The number of hydrogen-bond donors (Lipinski definition) is 1. The summed E-state index contributed by atoms with van der Waals surface area (Å²) in [5.74, 6) is 0. The van der Waals surface area contributed by atoms with Gasteiger partial charge in [0.25, 0.3) is 0 Å². The Morgan fingerprint density at radius 2 is 1.38 bits per heavy atom. The average Bonchev–Trinajstić information content (AvgIpc) is 2.56. The van der Waals surface area contributed by atoms with E-state index in [0.717, 1.165) is 16.9 Å². The molecule has 0 aliphatic heterocycles. The highest BCUT2D eigenvalue weighted by atomic mass is 14.9. The van der Waals surface area contributed by atoms with E-state index in [-0.39, 0.29) is 0 Å². The Labute approximate surface area is 125 Å². The van der Waals surface area contributed by atoms with Crippen LogP contribution in [0.15, 0.2) is 85.4 Å². The van der Waals surface area contributed by atoms with E-state index in [1.54, 1.807) is 0 Å². The maximum atomic E-state index is 3.94. The quantitative estimate of drug-likeness (QED) is 0.638. The van der Waals surface area contributed by atoms with Gasteiger partial charge in [0.15, 0.2) is 0 Å². The maximum absolute atomic E-state index is 3.94. The van der Waals surface area contributed by atoms with Gasteiger partial charge in [0, 0.05) is 16.9 Å². The number of nitrogens with one attached hydrogen (secondary N) is 1. The number of rotatable bonds is 4. The minimum Gasteiger partial charge on any atom is -0.355 e. The number of anilines is 2. The molecule has 3 aromatic carbocycles. The minimum atomic E-state index is 1.08. The van der Waals surface area contributed by atoms with Crippen LogP contribution in [-0.2, 0) is 0 Å². The van der Waals surface area contributed by atoms with Crippen LogP contribution in [0.4, 0.5) is 11.4 Å². The molecular weight excluding hydrogens is 254 g/mol. The molecule has 0 bridgehead atoms. The van der Waals surface area contributed by atoms with Crippen LogP contribution in [0.3, 0.4) is 0 Å². The molecule has 0 radical (unpaired) electrons. The summed E-state index contributed by atoms with van der Waals surface area (Å²) in [6.45, 7) is 3.94. The number of hydrogen-bond acceptors (Lipinski definition) is 1. The normalized spacial score (nSPS) is 10.1. The van der Waals surface area contributed by atoms with E-state index in [2.05, 4.69) is 66.5 Å². The second-order valence-electron chi connectivity index (χ2n) is 4.83. The van der Waals surface area contributed by atoms with Gasteiger partial charge >= 0.3 is 0 Å². The molecule has 1 N–H and O–H groups in total. The number of benzene rings is 3. The van der Waals surface area contributed by atoms with Crippen LogP contribution in [0, 0.1) is 0 Å². The van der Waals surface area contributed by atoms with Crippen molar-refractivity contribution in [2.45, 2.75) is 0 Å². The Bertz CT molecular complexity index is 730. The van der Waals surface area contributed by atoms with Crippen LogP contribution in [0.5, 0.6) is 0 Å². The van der Waals surface area contributed by atoms with Crippen LogP contribution in [0.1, 0.15) is 5.56 Å². The van der Waals surface area contributed by atoms with Gasteiger partial charge < -0.3 is 5.32 Å². The molecule has 21 heavy (non-hydrogen) atoms. The molecule has 102 valence electrons. The molecule has 0 spiro atoms. The Hall–Kier alpha value is -2.80. The summed E-state index contributed by atoms with van der Waals surface area (Å²) in [7, 11) is 0. The first-order chi connectivity index (χ1) is 10.4. The predicted octanol–water partition coefficient (Wildman–Crippen LogP) is 5.74. The third kappa shape index (κ3) is 2.87. The highest BCUT2D eigenvalue weighted by Crippen LogP contribution is 2.34. The van der Waals surface area contributed by atoms with Gasteiger partial charge in [0.1, 0.15) is 0 Å². The van der Waals surface area contributed by atoms with Crippen molar-refractivity contribution in [2.24, 2.45) is 0 Å². The first-order valence-corrected chi connectivity index (χ1v) is 7.01. The van der Waals surface area contributed by atoms with E-state index in [9.17, 15) is 0 Å². The monoisotopic (exact) mass is 271 g/mol. The molecule has 0 fully saturated rings. The molecule has 1 nitrogen and oxygen atoms in total. The molecule has 0 atom stereocenters. The van der Waals surface area contributed by atoms with E-state index >= 15 is 0 Å². The van der Waals surface area contributed by atoms with Gasteiger partial charge in [-0.05, 0) is 29.3 Å². The van der Waals surface area contributed by atoms with Gasteiger partial charge in [-0.1, -0.05) is 73.3 Å². The van der Waals surface area contributed by atoms with Gasteiger partial charge in [-0.25, -0.2) is 0 Å². The standard InChI is InChI=1S/C20H17N/c1-2-16-12-9-15-19(21-18-13-7-4-8-14-18)20(16)17-10-5-3-6-11-17/h2-15,21H,1H2. The van der Waals surface area contributed by atoms with E-state index in [1.807, 2.05) is 30.3 Å². The summed E-state index contributed by atoms with van der Waals surface area (Å²) < 4.78 is 0.